The molecule has 1 atom stereocenters. The number of hydrogen-bond donors (Lipinski definition) is 1. The normalized spacial score (nSPS) is 18.9. The minimum absolute atomic E-state index is 0.000144. The van der Waals surface area contributed by atoms with Crippen LogP contribution in [0.25, 0.3) is 11.4 Å². The maximum atomic E-state index is 12.9. The summed E-state index contributed by atoms with van der Waals surface area (Å²) in [6.07, 6.45) is 3.24. The minimum Gasteiger partial charge on any atom is -0.338 e. The van der Waals surface area contributed by atoms with E-state index in [4.69, 9.17) is 16.1 Å². The van der Waals surface area contributed by atoms with Gasteiger partial charge in [-0.3, -0.25) is 14.5 Å². The first kappa shape index (κ1) is 22.6. The van der Waals surface area contributed by atoms with Crippen LogP contribution in [0.3, 0.4) is 0 Å². The molecule has 34 heavy (non-hydrogen) atoms. The van der Waals surface area contributed by atoms with Crippen molar-refractivity contribution >= 4 is 34.8 Å². The third-order valence-electron chi connectivity index (χ3n) is 6.31. The van der Waals surface area contributed by atoms with E-state index in [1.807, 2.05) is 36.4 Å². The maximum Gasteiger partial charge on any atom is 0.241 e. The van der Waals surface area contributed by atoms with E-state index in [0.717, 1.165) is 49.3 Å². The second-order valence-electron chi connectivity index (χ2n) is 8.78. The van der Waals surface area contributed by atoms with E-state index in [1.165, 1.54) is 0 Å². The topological polar surface area (TPSA) is 91.6 Å². The summed E-state index contributed by atoms with van der Waals surface area (Å²) in [4.78, 5) is 33.3. The zero-order chi connectivity index (χ0) is 23.5. The number of carbonyl (C=O) groups excluding carboxylic acids is 2. The summed E-state index contributed by atoms with van der Waals surface area (Å²) in [7, 11) is 0. The zero-order valence-electron chi connectivity index (χ0n) is 18.7. The number of halogens is 1. The number of aromatic nitrogens is 2. The lowest BCUT2D eigenvalue weighted by Crippen LogP contribution is -2.40. The summed E-state index contributed by atoms with van der Waals surface area (Å²) in [6, 6.07) is 14.8. The van der Waals surface area contributed by atoms with Gasteiger partial charge in [0.1, 0.15) is 0 Å². The van der Waals surface area contributed by atoms with Crippen LogP contribution < -0.4 is 10.2 Å². The van der Waals surface area contributed by atoms with E-state index < -0.39 is 0 Å². The molecule has 2 aliphatic heterocycles. The summed E-state index contributed by atoms with van der Waals surface area (Å²) < 4.78 is 5.44. The van der Waals surface area contributed by atoms with Crippen LogP contribution >= 0.6 is 11.6 Å². The van der Waals surface area contributed by atoms with Gasteiger partial charge in [-0.15, -0.1) is 0 Å². The molecule has 3 heterocycles. The summed E-state index contributed by atoms with van der Waals surface area (Å²) >= 11 is 6.06. The van der Waals surface area contributed by atoms with Crippen molar-refractivity contribution in [3.63, 3.8) is 0 Å². The Balaban J connectivity index is 1.17. The SMILES string of the molecule is O=C(Nc1ccc(N2CCCC2=O)cc1)C1CCCN(Cc2nc(-c3cccc(Cl)c3)no2)C1. The second-order valence-corrected chi connectivity index (χ2v) is 9.22. The first-order valence-electron chi connectivity index (χ1n) is 11.6. The van der Waals surface area contributed by atoms with Gasteiger partial charge in [0.2, 0.25) is 23.5 Å². The monoisotopic (exact) mass is 479 g/mol. The molecule has 0 bridgehead atoms. The Morgan fingerprint density at radius 1 is 1.15 bits per heavy atom. The van der Waals surface area contributed by atoms with Crippen molar-refractivity contribution in [1.82, 2.24) is 15.0 Å². The quantitative estimate of drug-likeness (QED) is 0.564. The molecular formula is C25H26ClN5O3. The molecule has 1 N–H and O–H groups in total. The van der Waals surface area contributed by atoms with Crippen LogP contribution in [0.15, 0.2) is 53.1 Å². The van der Waals surface area contributed by atoms with Crippen LogP contribution in [-0.4, -0.2) is 46.5 Å². The third-order valence-corrected chi connectivity index (χ3v) is 6.54. The predicted octanol–water partition coefficient (Wildman–Crippen LogP) is 4.37. The molecule has 5 rings (SSSR count). The molecule has 0 radical (unpaired) electrons. The number of likely N-dealkylation sites (tertiary alicyclic amines) is 1. The Morgan fingerprint density at radius 2 is 2.00 bits per heavy atom. The number of nitrogens with zero attached hydrogens (tertiary/aromatic N) is 4. The molecule has 2 aromatic carbocycles. The number of nitrogens with one attached hydrogen (secondary N) is 1. The Kier molecular flexibility index (Phi) is 6.60. The van der Waals surface area contributed by atoms with Crippen molar-refractivity contribution in [3.05, 3.63) is 59.4 Å². The molecule has 2 amide bonds. The second kappa shape index (κ2) is 9.95. The van der Waals surface area contributed by atoms with Crippen molar-refractivity contribution in [2.75, 3.05) is 29.9 Å². The molecule has 2 saturated heterocycles. The van der Waals surface area contributed by atoms with Crippen LogP contribution in [0.2, 0.25) is 5.02 Å². The highest BCUT2D eigenvalue weighted by molar-refractivity contribution is 6.30. The average Bonchev–Trinajstić information content (AvgIpc) is 3.49. The van der Waals surface area contributed by atoms with Crippen LogP contribution in [-0.2, 0) is 16.1 Å². The van der Waals surface area contributed by atoms with Crippen LogP contribution in [0, 0.1) is 5.92 Å². The zero-order valence-corrected chi connectivity index (χ0v) is 19.5. The maximum absolute atomic E-state index is 12.9. The first-order chi connectivity index (χ1) is 16.5. The molecule has 1 unspecified atom stereocenters. The fourth-order valence-corrected chi connectivity index (χ4v) is 4.75. The highest BCUT2D eigenvalue weighted by atomic mass is 35.5. The van der Waals surface area contributed by atoms with Crippen molar-refractivity contribution in [2.24, 2.45) is 5.92 Å². The van der Waals surface area contributed by atoms with E-state index >= 15 is 0 Å². The van der Waals surface area contributed by atoms with Crippen LogP contribution in [0.5, 0.6) is 0 Å². The van der Waals surface area contributed by atoms with Crippen molar-refractivity contribution in [2.45, 2.75) is 32.2 Å². The molecule has 2 fully saturated rings. The summed E-state index contributed by atoms with van der Waals surface area (Å²) in [5.41, 5.74) is 2.42. The van der Waals surface area contributed by atoms with E-state index in [-0.39, 0.29) is 17.7 Å². The number of piperidine rings is 1. The number of hydrogen-bond acceptors (Lipinski definition) is 6. The molecule has 3 aromatic rings. The summed E-state index contributed by atoms with van der Waals surface area (Å²) in [6.45, 7) is 2.75. The van der Waals surface area contributed by atoms with Gasteiger partial charge in [0.25, 0.3) is 0 Å². The van der Waals surface area contributed by atoms with Gasteiger partial charge in [-0.2, -0.15) is 4.98 Å². The van der Waals surface area contributed by atoms with Gasteiger partial charge in [0, 0.05) is 41.5 Å². The lowest BCUT2D eigenvalue weighted by molar-refractivity contribution is -0.121. The van der Waals surface area contributed by atoms with Gasteiger partial charge in [0.15, 0.2) is 0 Å². The lowest BCUT2D eigenvalue weighted by Gasteiger charge is -2.30. The smallest absolute Gasteiger partial charge is 0.241 e. The fraction of sp³-hybridized carbons (Fsp3) is 0.360. The van der Waals surface area contributed by atoms with Gasteiger partial charge in [-0.05, 0) is 62.2 Å². The lowest BCUT2D eigenvalue weighted by atomic mass is 9.97. The summed E-state index contributed by atoms with van der Waals surface area (Å²) in [5, 5.41) is 7.71. The molecule has 9 heteroatoms. The van der Waals surface area contributed by atoms with Gasteiger partial charge >= 0.3 is 0 Å². The number of rotatable bonds is 6. The summed E-state index contributed by atoms with van der Waals surface area (Å²) in [5.74, 6) is 1.05. The largest absolute Gasteiger partial charge is 0.338 e. The van der Waals surface area contributed by atoms with E-state index in [9.17, 15) is 9.59 Å². The molecule has 176 valence electrons. The molecule has 0 spiro atoms. The number of carbonyl (C=O) groups is 2. The Hall–Kier alpha value is -3.23. The van der Waals surface area contributed by atoms with Crippen molar-refractivity contribution in [1.29, 1.82) is 0 Å². The standard InChI is InChI=1S/C25H26ClN5O3/c26-19-6-1-4-17(14-19)24-28-22(34-29-24)16-30-12-2-5-18(15-30)25(33)27-20-8-10-21(11-9-20)31-13-3-7-23(31)32/h1,4,6,8-11,14,18H,2-3,5,7,12-13,15-16H2,(H,27,33). The Labute approximate surface area is 202 Å². The van der Waals surface area contributed by atoms with E-state index in [0.29, 0.717) is 36.2 Å². The number of anilines is 2. The van der Waals surface area contributed by atoms with Gasteiger partial charge < -0.3 is 14.7 Å². The molecule has 1 aromatic heterocycles. The molecule has 8 nitrogen and oxygen atoms in total. The van der Waals surface area contributed by atoms with Crippen LogP contribution in [0.1, 0.15) is 31.6 Å². The first-order valence-corrected chi connectivity index (χ1v) is 11.9. The van der Waals surface area contributed by atoms with Gasteiger partial charge in [-0.1, -0.05) is 28.9 Å². The molecular weight excluding hydrogens is 454 g/mol. The van der Waals surface area contributed by atoms with Crippen molar-refractivity contribution in [3.8, 4) is 11.4 Å². The van der Waals surface area contributed by atoms with E-state index in [2.05, 4.69) is 20.4 Å². The highest BCUT2D eigenvalue weighted by Gasteiger charge is 2.27. The number of benzene rings is 2. The van der Waals surface area contributed by atoms with Gasteiger partial charge in [0.05, 0.1) is 12.5 Å². The third kappa shape index (κ3) is 5.13. The molecule has 2 aliphatic rings. The molecule has 0 saturated carbocycles. The minimum atomic E-state index is -0.121. The Morgan fingerprint density at radius 3 is 2.76 bits per heavy atom. The number of amides is 2. The Bertz CT molecular complexity index is 1180. The highest BCUT2D eigenvalue weighted by Crippen LogP contribution is 2.25. The van der Waals surface area contributed by atoms with E-state index in [1.54, 1.807) is 17.0 Å². The molecule has 0 aliphatic carbocycles. The van der Waals surface area contributed by atoms with Crippen LogP contribution in [0.4, 0.5) is 11.4 Å². The average molecular weight is 480 g/mol. The van der Waals surface area contributed by atoms with Gasteiger partial charge in [-0.25, -0.2) is 0 Å². The van der Waals surface area contributed by atoms with Crippen molar-refractivity contribution < 1.29 is 14.1 Å². The fourth-order valence-electron chi connectivity index (χ4n) is 4.56. The predicted molar refractivity (Wildman–Crippen MR) is 129 cm³/mol.